The molecule has 0 amide bonds. The van der Waals surface area contributed by atoms with Crippen LogP contribution in [0.3, 0.4) is 0 Å². The molecule has 0 saturated carbocycles. The minimum Gasteiger partial charge on any atom is -0.508 e. The molecule has 4 rings (SSSR count). The molecule has 0 radical (unpaired) electrons. The second-order valence-corrected chi connectivity index (χ2v) is 10.8. The number of hydrogen-bond donors (Lipinski definition) is 1. The van der Waals surface area contributed by atoms with Gasteiger partial charge in [-0.2, -0.15) is 5.10 Å². The summed E-state index contributed by atoms with van der Waals surface area (Å²) in [5.74, 6) is 0.155. The van der Waals surface area contributed by atoms with Crippen molar-refractivity contribution in [2.24, 2.45) is 10.1 Å². The van der Waals surface area contributed by atoms with E-state index in [0.717, 1.165) is 22.4 Å². The van der Waals surface area contributed by atoms with E-state index in [1.807, 2.05) is 48.7 Å². The third-order valence-electron chi connectivity index (χ3n) is 5.12. The van der Waals surface area contributed by atoms with Crippen LogP contribution >= 0.6 is 11.3 Å². The van der Waals surface area contributed by atoms with Crippen molar-refractivity contribution in [3.05, 3.63) is 94.1 Å². The average Bonchev–Trinajstić information content (AvgIpc) is 3.22. The van der Waals surface area contributed by atoms with E-state index < -0.39 is 10.0 Å². The number of aromatic nitrogens is 1. The summed E-state index contributed by atoms with van der Waals surface area (Å²) in [6.45, 7) is 1.89. The molecule has 0 atom stereocenters. The number of thiazole rings is 1. The van der Waals surface area contributed by atoms with Crippen LogP contribution in [-0.4, -0.2) is 42.8 Å². The zero-order valence-electron chi connectivity index (χ0n) is 19.0. The fourth-order valence-electron chi connectivity index (χ4n) is 3.21. The molecule has 0 unspecified atom stereocenters. The second-order valence-electron chi connectivity index (χ2n) is 7.77. The highest BCUT2D eigenvalue weighted by Crippen LogP contribution is 2.25. The molecular weight excluding hydrogens is 468 g/mol. The number of nitrogens with zero attached hydrogens (tertiary/aromatic N) is 4. The van der Waals surface area contributed by atoms with Gasteiger partial charge in [0, 0.05) is 25.0 Å². The first-order valence-corrected chi connectivity index (χ1v) is 12.7. The Morgan fingerprint density at radius 3 is 2.47 bits per heavy atom. The van der Waals surface area contributed by atoms with Gasteiger partial charge in [-0.25, -0.2) is 22.4 Å². The Bertz CT molecular complexity index is 1520. The zero-order chi connectivity index (χ0) is 24.3. The number of benzene rings is 3. The Hall–Kier alpha value is -3.53. The SMILES string of the molecule is Cc1ccc(S(=O)(=O)N(C)C)cc1N=c1scc(-c2ccccc2)n1N=Cc1cccc(O)c1. The van der Waals surface area contributed by atoms with Gasteiger partial charge in [0.05, 0.1) is 22.5 Å². The van der Waals surface area contributed by atoms with Gasteiger partial charge in [-0.05, 0) is 42.3 Å². The number of aryl methyl sites for hydroxylation is 1. The Labute approximate surface area is 202 Å². The number of rotatable bonds is 6. The zero-order valence-corrected chi connectivity index (χ0v) is 20.6. The summed E-state index contributed by atoms with van der Waals surface area (Å²) in [5, 5.41) is 16.4. The molecule has 0 bridgehead atoms. The molecule has 0 fully saturated rings. The third kappa shape index (κ3) is 5.01. The highest BCUT2D eigenvalue weighted by molar-refractivity contribution is 7.89. The van der Waals surface area contributed by atoms with Crippen molar-refractivity contribution in [3.63, 3.8) is 0 Å². The molecule has 0 aliphatic rings. The van der Waals surface area contributed by atoms with Crippen LogP contribution in [-0.2, 0) is 10.0 Å². The monoisotopic (exact) mass is 492 g/mol. The molecule has 3 aromatic carbocycles. The van der Waals surface area contributed by atoms with Crippen LogP contribution in [0.15, 0.2) is 93.2 Å². The topological polar surface area (TPSA) is 87.3 Å². The Balaban J connectivity index is 1.88. The number of hydrogen-bond acceptors (Lipinski definition) is 6. The van der Waals surface area contributed by atoms with Gasteiger partial charge < -0.3 is 5.11 Å². The lowest BCUT2D eigenvalue weighted by molar-refractivity contribution is 0.475. The van der Waals surface area contributed by atoms with E-state index in [1.54, 1.807) is 47.3 Å². The van der Waals surface area contributed by atoms with E-state index in [-0.39, 0.29) is 10.6 Å². The smallest absolute Gasteiger partial charge is 0.242 e. The molecule has 1 aromatic heterocycles. The first-order valence-electron chi connectivity index (χ1n) is 10.4. The van der Waals surface area contributed by atoms with Crippen LogP contribution in [0.5, 0.6) is 5.75 Å². The van der Waals surface area contributed by atoms with Crippen molar-refractivity contribution >= 4 is 33.3 Å². The molecule has 9 heteroatoms. The second kappa shape index (κ2) is 9.76. The van der Waals surface area contributed by atoms with Gasteiger partial charge in [0.2, 0.25) is 14.8 Å². The van der Waals surface area contributed by atoms with Crippen molar-refractivity contribution in [1.29, 1.82) is 0 Å². The lowest BCUT2D eigenvalue weighted by Gasteiger charge is -2.12. The summed E-state index contributed by atoms with van der Waals surface area (Å²) in [6.07, 6.45) is 1.65. The van der Waals surface area contributed by atoms with Gasteiger partial charge in [0.15, 0.2) is 0 Å². The maximum absolute atomic E-state index is 12.6. The highest BCUT2D eigenvalue weighted by Gasteiger charge is 2.18. The minimum absolute atomic E-state index is 0.155. The van der Waals surface area contributed by atoms with Gasteiger partial charge in [0.1, 0.15) is 5.75 Å². The van der Waals surface area contributed by atoms with E-state index in [0.29, 0.717) is 10.5 Å². The molecule has 1 N–H and O–H groups in total. The summed E-state index contributed by atoms with van der Waals surface area (Å²) < 4.78 is 28.2. The standard InChI is InChI=1S/C25H24N4O3S2/c1-18-12-13-22(34(31,32)28(2)3)15-23(18)27-25-29(26-16-19-8-7-11-21(30)14-19)24(17-33-25)20-9-5-4-6-10-20/h4-17,30H,1-3H3. The fraction of sp³-hybridized carbons (Fsp3) is 0.120. The summed E-state index contributed by atoms with van der Waals surface area (Å²) in [5.41, 5.74) is 3.94. The molecule has 1 heterocycles. The van der Waals surface area contributed by atoms with E-state index in [9.17, 15) is 13.5 Å². The normalized spacial score (nSPS) is 12.6. The van der Waals surface area contributed by atoms with Crippen LogP contribution in [0.2, 0.25) is 0 Å². The largest absolute Gasteiger partial charge is 0.508 e. The molecular formula is C25H24N4O3S2. The van der Waals surface area contributed by atoms with Crippen LogP contribution < -0.4 is 4.80 Å². The van der Waals surface area contributed by atoms with Crippen molar-refractivity contribution in [2.45, 2.75) is 11.8 Å². The van der Waals surface area contributed by atoms with Crippen molar-refractivity contribution < 1.29 is 13.5 Å². The first kappa shape index (κ1) is 23.6. The van der Waals surface area contributed by atoms with Crippen LogP contribution in [0.25, 0.3) is 11.3 Å². The van der Waals surface area contributed by atoms with Crippen molar-refractivity contribution in [3.8, 4) is 17.0 Å². The average molecular weight is 493 g/mol. The minimum atomic E-state index is -3.59. The molecule has 7 nitrogen and oxygen atoms in total. The maximum Gasteiger partial charge on any atom is 0.242 e. The van der Waals surface area contributed by atoms with Crippen LogP contribution in [0, 0.1) is 6.92 Å². The quantitative estimate of drug-likeness (QED) is 0.399. The Morgan fingerprint density at radius 1 is 1.00 bits per heavy atom. The van der Waals surface area contributed by atoms with Gasteiger partial charge in [0.25, 0.3) is 0 Å². The van der Waals surface area contributed by atoms with E-state index in [1.165, 1.54) is 29.7 Å². The van der Waals surface area contributed by atoms with Crippen LogP contribution in [0.1, 0.15) is 11.1 Å². The molecule has 34 heavy (non-hydrogen) atoms. The lowest BCUT2D eigenvalue weighted by atomic mass is 10.2. The highest BCUT2D eigenvalue weighted by atomic mass is 32.2. The van der Waals surface area contributed by atoms with Gasteiger partial charge in [-0.3, -0.25) is 0 Å². The van der Waals surface area contributed by atoms with Crippen molar-refractivity contribution in [1.82, 2.24) is 8.98 Å². The first-order chi connectivity index (χ1) is 16.3. The van der Waals surface area contributed by atoms with Gasteiger partial charge in [-0.15, -0.1) is 11.3 Å². The maximum atomic E-state index is 12.6. The van der Waals surface area contributed by atoms with Crippen LogP contribution in [0.4, 0.5) is 5.69 Å². The molecule has 0 aliphatic carbocycles. The predicted octanol–water partition coefficient (Wildman–Crippen LogP) is 4.60. The van der Waals surface area contributed by atoms with E-state index in [4.69, 9.17) is 4.99 Å². The van der Waals surface area contributed by atoms with Crippen molar-refractivity contribution in [2.75, 3.05) is 14.1 Å². The number of sulfonamides is 1. The van der Waals surface area contributed by atoms with Gasteiger partial charge in [-0.1, -0.05) is 48.5 Å². The van der Waals surface area contributed by atoms with E-state index in [2.05, 4.69) is 5.10 Å². The summed E-state index contributed by atoms with van der Waals surface area (Å²) >= 11 is 1.41. The Morgan fingerprint density at radius 2 is 1.76 bits per heavy atom. The van der Waals surface area contributed by atoms with E-state index >= 15 is 0 Å². The summed E-state index contributed by atoms with van der Waals surface area (Å²) in [7, 11) is -0.587. The lowest BCUT2D eigenvalue weighted by Crippen LogP contribution is -2.22. The Kier molecular flexibility index (Phi) is 6.78. The summed E-state index contributed by atoms with van der Waals surface area (Å²) in [6, 6.07) is 21.6. The number of phenolic OH excluding ortho intramolecular Hbond substituents is 1. The third-order valence-corrected chi connectivity index (χ3v) is 7.75. The molecule has 0 saturated heterocycles. The van der Waals surface area contributed by atoms with Gasteiger partial charge >= 0.3 is 0 Å². The summed E-state index contributed by atoms with van der Waals surface area (Å²) in [4.78, 5) is 5.54. The number of phenols is 1. The fourth-order valence-corrected chi connectivity index (χ4v) is 4.98. The predicted molar refractivity (Wildman–Crippen MR) is 136 cm³/mol. The molecule has 174 valence electrons. The molecule has 0 spiro atoms. The number of aromatic hydroxyl groups is 1. The molecule has 0 aliphatic heterocycles. The molecule has 4 aromatic rings.